The molecule has 0 saturated carbocycles. The number of aromatic nitrogens is 1. The molecule has 13 heavy (non-hydrogen) atoms. The lowest BCUT2D eigenvalue weighted by molar-refractivity contribution is 1.16. The van der Waals surface area contributed by atoms with Crippen LogP contribution < -0.4 is 5.73 Å². The van der Waals surface area contributed by atoms with Crippen LogP contribution in [0.2, 0.25) is 0 Å². The third kappa shape index (κ3) is 1.12. The van der Waals surface area contributed by atoms with Gasteiger partial charge in [0.1, 0.15) is 0 Å². The normalized spacial score (nSPS) is 10.2. The summed E-state index contributed by atoms with van der Waals surface area (Å²) in [5, 5.41) is 4.21. The number of nitrogens with one attached hydrogen (secondary N) is 1. The Hall–Kier alpha value is -1.97. The van der Waals surface area contributed by atoms with Gasteiger partial charge in [0, 0.05) is 11.6 Å². The second kappa shape index (κ2) is 2.82. The highest BCUT2D eigenvalue weighted by Crippen LogP contribution is 2.27. The quantitative estimate of drug-likeness (QED) is 0.512. The fourth-order valence-corrected chi connectivity index (χ4v) is 1.28. The Morgan fingerprint density at radius 1 is 1.31 bits per heavy atom. The maximum atomic E-state index is 6.95. The average molecular weight is 172 g/mol. The molecule has 0 fully saturated rings. The van der Waals surface area contributed by atoms with Crippen molar-refractivity contribution in [2.75, 3.05) is 5.73 Å². The van der Waals surface area contributed by atoms with Crippen LogP contribution in [0.1, 0.15) is 0 Å². The maximum absolute atomic E-state index is 6.95. The molecule has 1 aromatic heterocycles. The van der Waals surface area contributed by atoms with Crippen molar-refractivity contribution in [3.8, 4) is 0 Å². The fourth-order valence-electron chi connectivity index (χ4n) is 1.28. The Kier molecular flexibility index (Phi) is 1.66. The van der Waals surface area contributed by atoms with Crippen LogP contribution in [0.15, 0.2) is 35.6 Å². The van der Waals surface area contributed by atoms with Crippen molar-refractivity contribution in [1.29, 1.82) is 5.53 Å². The number of pyridine rings is 1. The van der Waals surface area contributed by atoms with Crippen molar-refractivity contribution < 1.29 is 0 Å². The SMILES string of the molecule is N=Nc1ccc(N)c2ncccc12. The van der Waals surface area contributed by atoms with E-state index >= 15 is 0 Å². The topological polar surface area (TPSA) is 75.1 Å². The first-order chi connectivity index (χ1) is 6.33. The minimum Gasteiger partial charge on any atom is -0.397 e. The molecule has 0 atom stereocenters. The molecule has 2 aromatic rings. The number of hydrogen-bond acceptors (Lipinski definition) is 4. The van der Waals surface area contributed by atoms with Crippen LogP contribution in [0.3, 0.4) is 0 Å². The van der Waals surface area contributed by atoms with Crippen molar-refractivity contribution in [1.82, 2.24) is 4.98 Å². The summed E-state index contributed by atoms with van der Waals surface area (Å²) in [5.74, 6) is 0. The Balaban J connectivity index is 2.92. The number of nitrogen functional groups attached to an aromatic ring is 1. The molecule has 1 aromatic carbocycles. The summed E-state index contributed by atoms with van der Waals surface area (Å²) < 4.78 is 0. The largest absolute Gasteiger partial charge is 0.397 e. The molecule has 0 amide bonds. The van der Waals surface area contributed by atoms with Gasteiger partial charge in [0.2, 0.25) is 0 Å². The monoisotopic (exact) mass is 172 g/mol. The standard InChI is InChI=1S/C9H8N4/c10-7-3-4-8(13-11)6-2-1-5-12-9(6)7/h1-5,11H,10H2. The molecule has 0 radical (unpaired) electrons. The summed E-state index contributed by atoms with van der Waals surface area (Å²) in [7, 11) is 0. The maximum Gasteiger partial charge on any atom is 0.0953 e. The van der Waals surface area contributed by atoms with E-state index in [-0.39, 0.29) is 0 Å². The first-order valence-corrected chi connectivity index (χ1v) is 3.83. The Morgan fingerprint density at radius 2 is 2.15 bits per heavy atom. The smallest absolute Gasteiger partial charge is 0.0953 e. The Morgan fingerprint density at radius 3 is 2.92 bits per heavy atom. The summed E-state index contributed by atoms with van der Waals surface area (Å²) in [4.78, 5) is 4.12. The summed E-state index contributed by atoms with van der Waals surface area (Å²) in [6.45, 7) is 0. The molecule has 0 aliphatic carbocycles. The molecule has 4 nitrogen and oxygen atoms in total. The number of hydrogen-bond donors (Lipinski definition) is 2. The van der Waals surface area contributed by atoms with Crippen molar-refractivity contribution >= 4 is 22.3 Å². The van der Waals surface area contributed by atoms with Gasteiger partial charge in [-0.15, -0.1) is 0 Å². The predicted molar refractivity (Wildman–Crippen MR) is 51.0 cm³/mol. The van der Waals surface area contributed by atoms with Gasteiger partial charge in [0.05, 0.1) is 16.9 Å². The highest BCUT2D eigenvalue weighted by molar-refractivity contribution is 5.96. The molecule has 0 spiro atoms. The van der Waals surface area contributed by atoms with Gasteiger partial charge in [-0.3, -0.25) is 4.98 Å². The van der Waals surface area contributed by atoms with Gasteiger partial charge < -0.3 is 5.73 Å². The minimum absolute atomic E-state index is 0.595. The fraction of sp³-hybridized carbons (Fsp3) is 0. The molecular formula is C9H8N4. The summed E-state index contributed by atoms with van der Waals surface area (Å²) in [5.41, 5.74) is 14.6. The van der Waals surface area contributed by atoms with E-state index in [1.807, 2.05) is 6.07 Å². The highest BCUT2D eigenvalue weighted by Gasteiger charge is 2.02. The molecule has 3 N–H and O–H groups in total. The van der Waals surface area contributed by atoms with Crippen LogP contribution in [0, 0.1) is 5.53 Å². The first-order valence-electron chi connectivity index (χ1n) is 3.83. The van der Waals surface area contributed by atoms with Crippen LogP contribution in [0.5, 0.6) is 0 Å². The minimum atomic E-state index is 0.595. The van der Waals surface area contributed by atoms with E-state index in [2.05, 4.69) is 10.1 Å². The van der Waals surface area contributed by atoms with E-state index < -0.39 is 0 Å². The lowest BCUT2D eigenvalue weighted by Crippen LogP contribution is -1.88. The van der Waals surface area contributed by atoms with E-state index in [9.17, 15) is 0 Å². The number of anilines is 1. The number of benzene rings is 1. The summed E-state index contributed by atoms with van der Waals surface area (Å²) in [6, 6.07) is 7.08. The lowest BCUT2D eigenvalue weighted by atomic mass is 10.1. The second-order valence-electron chi connectivity index (χ2n) is 2.69. The van der Waals surface area contributed by atoms with Crippen LogP contribution in [0.4, 0.5) is 11.4 Å². The lowest BCUT2D eigenvalue weighted by Gasteiger charge is -2.01. The summed E-state index contributed by atoms with van der Waals surface area (Å²) in [6.07, 6.45) is 1.67. The third-order valence-corrected chi connectivity index (χ3v) is 1.90. The van der Waals surface area contributed by atoms with Crippen LogP contribution >= 0.6 is 0 Å². The van der Waals surface area contributed by atoms with E-state index in [1.54, 1.807) is 24.4 Å². The summed E-state index contributed by atoms with van der Waals surface area (Å²) >= 11 is 0. The zero-order valence-electron chi connectivity index (χ0n) is 6.86. The van der Waals surface area contributed by atoms with Gasteiger partial charge in [-0.25, -0.2) is 5.53 Å². The van der Waals surface area contributed by atoms with E-state index in [4.69, 9.17) is 11.3 Å². The predicted octanol–water partition coefficient (Wildman–Crippen LogP) is 2.48. The Labute approximate surface area is 74.9 Å². The molecule has 0 saturated heterocycles. The van der Waals surface area contributed by atoms with Crippen molar-refractivity contribution in [2.45, 2.75) is 0 Å². The molecule has 0 aliphatic heterocycles. The van der Waals surface area contributed by atoms with E-state index in [1.165, 1.54) is 0 Å². The van der Waals surface area contributed by atoms with Crippen LogP contribution in [-0.4, -0.2) is 4.98 Å². The highest BCUT2D eigenvalue weighted by atomic mass is 15.0. The molecule has 0 unspecified atom stereocenters. The van der Waals surface area contributed by atoms with Gasteiger partial charge in [0.25, 0.3) is 0 Å². The molecule has 0 bridgehead atoms. The first kappa shape index (κ1) is 7.67. The number of nitrogens with zero attached hydrogens (tertiary/aromatic N) is 2. The number of rotatable bonds is 1. The molecule has 0 aliphatic rings. The zero-order chi connectivity index (χ0) is 9.26. The molecule has 1 heterocycles. The van der Waals surface area contributed by atoms with Crippen molar-refractivity contribution in [3.63, 3.8) is 0 Å². The number of nitrogens with two attached hydrogens (primary N) is 1. The van der Waals surface area contributed by atoms with Gasteiger partial charge >= 0.3 is 0 Å². The molecule has 64 valence electrons. The number of fused-ring (bicyclic) bond motifs is 1. The van der Waals surface area contributed by atoms with E-state index in [0.717, 1.165) is 5.39 Å². The van der Waals surface area contributed by atoms with Crippen LogP contribution in [-0.2, 0) is 0 Å². The second-order valence-corrected chi connectivity index (χ2v) is 2.69. The van der Waals surface area contributed by atoms with Crippen molar-refractivity contribution in [2.24, 2.45) is 5.11 Å². The van der Waals surface area contributed by atoms with Gasteiger partial charge in [0.15, 0.2) is 0 Å². The Bertz CT molecular complexity index is 464. The van der Waals surface area contributed by atoms with Crippen LogP contribution in [0.25, 0.3) is 10.9 Å². The van der Waals surface area contributed by atoms with E-state index in [0.29, 0.717) is 16.9 Å². The molecule has 2 rings (SSSR count). The third-order valence-electron chi connectivity index (χ3n) is 1.90. The van der Waals surface area contributed by atoms with Crippen molar-refractivity contribution in [3.05, 3.63) is 30.5 Å². The average Bonchev–Trinajstić information content (AvgIpc) is 2.19. The molecular weight excluding hydrogens is 164 g/mol. The zero-order valence-corrected chi connectivity index (χ0v) is 6.86. The van der Waals surface area contributed by atoms with Gasteiger partial charge in [-0.2, -0.15) is 5.11 Å². The van der Waals surface area contributed by atoms with Gasteiger partial charge in [-0.05, 0) is 24.3 Å². The molecule has 4 heteroatoms. The van der Waals surface area contributed by atoms with Gasteiger partial charge in [-0.1, -0.05) is 0 Å².